The molecule has 1 aromatic heterocycles. The second-order valence-corrected chi connectivity index (χ2v) is 7.29. The number of nitrogens with zero attached hydrogens (tertiary/aromatic N) is 3. The van der Waals surface area contributed by atoms with E-state index in [1.807, 2.05) is 6.20 Å². The van der Waals surface area contributed by atoms with Gasteiger partial charge in [0.15, 0.2) is 0 Å². The van der Waals surface area contributed by atoms with E-state index in [0.717, 1.165) is 32.1 Å². The molecule has 2 atom stereocenters. The van der Waals surface area contributed by atoms with Gasteiger partial charge in [-0.15, -0.1) is 0 Å². The van der Waals surface area contributed by atoms with Gasteiger partial charge in [0, 0.05) is 50.7 Å². The molecule has 2 saturated heterocycles. The Morgan fingerprint density at radius 1 is 1.30 bits per heavy atom. The molecular weight excluding hydrogens is 284 g/mol. The van der Waals surface area contributed by atoms with Gasteiger partial charge in [0.1, 0.15) is 0 Å². The van der Waals surface area contributed by atoms with E-state index in [0.29, 0.717) is 12.1 Å². The molecule has 2 aliphatic heterocycles. The van der Waals surface area contributed by atoms with Crippen LogP contribution < -0.4 is 5.32 Å². The molecule has 1 aromatic rings. The summed E-state index contributed by atoms with van der Waals surface area (Å²) in [5.74, 6) is 0.894. The maximum atomic E-state index is 4.40. The second-order valence-electron chi connectivity index (χ2n) is 7.29. The molecule has 1 N–H and O–H groups in total. The van der Waals surface area contributed by atoms with E-state index >= 15 is 0 Å². The lowest BCUT2D eigenvalue weighted by atomic mass is 9.97. The Labute approximate surface area is 141 Å². The fourth-order valence-corrected chi connectivity index (χ4v) is 4.03. The smallest absolute Gasteiger partial charge is 0.0494 e. The van der Waals surface area contributed by atoms with Crippen LogP contribution in [0.25, 0.3) is 0 Å². The predicted molar refractivity (Wildman–Crippen MR) is 95.5 cm³/mol. The van der Waals surface area contributed by atoms with Gasteiger partial charge in [0.2, 0.25) is 0 Å². The lowest BCUT2D eigenvalue weighted by Gasteiger charge is -2.44. The van der Waals surface area contributed by atoms with Gasteiger partial charge in [-0.3, -0.25) is 9.88 Å². The van der Waals surface area contributed by atoms with Crippen LogP contribution in [0.1, 0.15) is 44.7 Å². The molecule has 2 unspecified atom stereocenters. The van der Waals surface area contributed by atoms with Gasteiger partial charge in [0.05, 0.1) is 0 Å². The van der Waals surface area contributed by atoms with Crippen LogP contribution in [0.5, 0.6) is 0 Å². The van der Waals surface area contributed by atoms with Crippen LogP contribution in [0, 0.1) is 5.92 Å². The van der Waals surface area contributed by atoms with Crippen LogP contribution >= 0.6 is 0 Å². The molecule has 128 valence electrons. The summed E-state index contributed by atoms with van der Waals surface area (Å²) < 4.78 is 0. The molecule has 2 aliphatic rings. The quantitative estimate of drug-likeness (QED) is 0.904. The summed E-state index contributed by atoms with van der Waals surface area (Å²) in [5, 5.41) is 3.56. The Morgan fingerprint density at radius 2 is 2.13 bits per heavy atom. The molecule has 3 heterocycles. The van der Waals surface area contributed by atoms with Crippen LogP contribution in [-0.2, 0) is 0 Å². The van der Waals surface area contributed by atoms with Crippen molar-refractivity contribution in [2.24, 2.45) is 5.92 Å². The highest BCUT2D eigenvalue weighted by atomic mass is 15.3. The molecule has 3 rings (SSSR count). The van der Waals surface area contributed by atoms with Crippen molar-refractivity contribution in [3.8, 4) is 0 Å². The van der Waals surface area contributed by atoms with E-state index in [1.165, 1.54) is 37.9 Å². The summed E-state index contributed by atoms with van der Waals surface area (Å²) in [7, 11) is 0. The third-order valence-corrected chi connectivity index (χ3v) is 5.64. The fourth-order valence-electron chi connectivity index (χ4n) is 4.03. The Balaban J connectivity index is 1.76. The van der Waals surface area contributed by atoms with Crippen LogP contribution in [0.3, 0.4) is 0 Å². The summed E-state index contributed by atoms with van der Waals surface area (Å²) in [6.07, 6.45) is 7.86. The second kappa shape index (κ2) is 8.22. The molecule has 2 fully saturated rings. The molecule has 23 heavy (non-hydrogen) atoms. The van der Waals surface area contributed by atoms with E-state index in [1.54, 1.807) is 0 Å². The average Bonchev–Trinajstić information content (AvgIpc) is 2.62. The molecule has 0 amide bonds. The van der Waals surface area contributed by atoms with E-state index < -0.39 is 0 Å². The number of pyridine rings is 1. The first-order valence-corrected chi connectivity index (χ1v) is 9.36. The van der Waals surface area contributed by atoms with Gasteiger partial charge in [-0.1, -0.05) is 19.9 Å². The molecular formula is C19H32N4. The van der Waals surface area contributed by atoms with Crippen molar-refractivity contribution in [2.75, 3.05) is 39.3 Å². The van der Waals surface area contributed by atoms with Crippen molar-refractivity contribution in [1.29, 1.82) is 0 Å². The lowest BCUT2D eigenvalue weighted by molar-refractivity contribution is 0.0639. The zero-order valence-electron chi connectivity index (χ0n) is 14.7. The molecule has 0 saturated carbocycles. The average molecular weight is 316 g/mol. The van der Waals surface area contributed by atoms with E-state index in [4.69, 9.17) is 0 Å². The van der Waals surface area contributed by atoms with Gasteiger partial charge in [-0.05, 0) is 49.9 Å². The summed E-state index contributed by atoms with van der Waals surface area (Å²) in [6.45, 7) is 11.7. The minimum absolute atomic E-state index is 0.476. The monoisotopic (exact) mass is 316 g/mol. The van der Waals surface area contributed by atoms with Crippen molar-refractivity contribution in [2.45, 2.75) is 45.2 Å². The molecule has 0 aromatic carbocycles. The highest BCUT2D eigenvalue weighted by Gasteiger charge is 2.31. The standard InChI is InChI=1S/C19H32N4/c1-3-18-14-21-9-12-23(18)19(17-5-4-8-20-13-17)15-22-10-6-16(2)7-11-22/h4-5,8,13,16,18-19,21H,3,6-7,9-12,14-15H2,1-2H3. The summed E-state index contributed by atoms with van der Waals surface area (Å²) >= 11 is 0. The molecule has 0 radical (unpaired) electrons. The van der Waals surface area contributed by atoms with Crippen LogP contribution in [0.15, 0.2) is 24.5 Å². The number of rotatable bonds is 5. The highest BCUT2D eigenvalue weighted by molar-refractivity contribution is 5.15. The summed E-state index contributed by atoms with van der Waals surface area (Å²) in [5.41, 5.74) is 1.38. The van der Waals surface area contributed by atoms with Crippen molar-refractivity contribution in [3.05, 3.63) is 30.1 Å². The Hall–Kier alpha value is -0.970. The van der Waals surface area contributed by atoms with Crippen molar-refractivity contribution < 1.29 is 0 Å². The van der Waals surface area contributed by atoms with Gasteiger partial charge < -0.3 is 10.2 Å². The maximum absolute atomic E-state index is 4.40. The van der Waals surface area contributed by atoms with E-state index in [2.05, 4.69) is 52.3 Å². The Kier molecular flexibility index (Phi) is 6.03. The third-order valence-electron chi connectivity index (χ3n) is 5.64. The normalized spacial score (nSPS) is 26.3. The van der Waals surface area contributed by atoms with Gasteiger partial charge >= 0.3 is 0 Å². The molecule has 0 spiro atoms. The summed E-state index contributed by atoms with van der Waals surface area (Å²) in [4.78, 5) is 9.80. The van der Waals surface area contributed by atoms with Gasteiger partial charge in [-0.2, -0.15) is 0 Å². The number of likely N-dealkylation sites (tertiary alicyclic amines) is 1. The zero-order chi connectivity index (χ0) is 16.1. The molecule has 4 heteroatoms. The topological polar surface area (TPSA) is 31.4 Å². The van der Waals surface area contributed by atoms with E-state index in [-0.39, 0.29) is 0 Å². The van der Waals surface area contributed by atoms with Gasteiger partial charge in [0.25, 0.3) is 0 Å². The van der Waals surface area contributed by atoms with Crippen LogP contribution in [-0.4, -0.2) is 60.1 Å². The third kappa shape index (κ3) is 4.31. The predicted octanol–water partition coefficient (Wildman–Crippen LogP) is 2.54. The number of piperidine rings is 1. The number of aromatic nitrogens is 1. The lowest BCUT2D eigenvalue weighted by Crippen LogP contribution is -2.54. The molecule has 4 nitrogen and oxygen atoms in total. The first-order valence-electron chi connectivity index (χ1n) is 9.36. The highest BCUT2D eigenvalue weighted by Crippen LogP contribution is 2.27. The zero-order valence-corrected chi connectivity index (χ0v) is 14.7. The Bertz CT molecular complexity index is 456. The van der Waals surface area contributed by atoms with Crippen LogP contribution in [0.2, 0.25) is 0 Å². The van der Waals surface area contributed by atoms with Crippen LogP contribution in [0.4, 0.5) is 0 Å². The first kappa shape index (κ1) is 16.9. The molecule has 0 bridgehead atoms. The largest absolute Gasteiger partial charge is 0.314 e. The maximum Gasteiger partial charge on any atom is 0.0494 e. The molecule has 0 aliphatic carbocycles. The van der Waals surface area contributed by atoms with Crippen molar-refractivity contribution >= 4 is 0 Å². The minimum atomic E-state index is 0.476. The number of hydrogen-bond donors (Lipinski definition) is 1. The Morgan fingerprint density at radius 3 is 2.83 bits per heavy atom. The first-order chi connectivity index (χ1) is 11.3. The van der Waals surface area contributed by atoms with Gasteiger partial charge in [-0.25, -0.2) is 0 Å². The number of nitrogens with one attached hydrogen (secondary N) is 1. The minimum Gasteiger partial charge on any atom is -0.314 e. The fraction of sp³-hybridized carbons (Fsp3) is 0.737. The number of piperazine rings is 1. The summed E-state index contributed by atoms with van der Waals surface area (Å²) in [6, 6.07) is 5.46. The number of hydrogen-bond acceptors (Lipinski definition) is 4. The SMILES string of the molecule is CCC1CNCCN1C(CN1CCC(C)CC1)c1cccnc1. The van der Waals surface area contributed by atoms with Crippen molar-refractivity contribution in [1.82, 2.24) is 20.1 Å². The van der Waals surface area contributed by atoms with E-state index in [9.17, 15) is 0 Å². The van der Waals surface area contributed by atoms with Crippen molar-refractivity contribution in [3.63, 3.8) is 0 Å².